The summed E-state index contributed by atoms with van der Waals surface area (Å²) in [6.45, 7) is 3.10. The highest BCUT2D eigenvalue weighted by molar-refractivity contribution is 14.0. The van der Waals surface area contributed by atoms with Gasteiger partial charge in [-0.05, 0) is 44.4 Å². The number of halogens is 3. The first kappa shape index (κ1) is 18.9. The van der Waals surface area contributed by atoms with Crippen molar-refractivity contribution in [1.29, 1.82) is 0 Å². The Morgan fingerprint density at radius 2 is 2.26 bits per heavy atom. The molecule has 2 bridgehead atoms. The Bertz CT molecular complexity index is 572. The van der Waals surface area contributed by atoms with Crippen LogP contribution in [-0.2, 0) is 11.3 Å². The van der Waals surface area contributed by atoms with Crippen molar-refractivity contribution in [3.8, 4) is 0 Å². The summed E-state index contributed by atoms with van der Waals surface area (Å²) in [4.78, 5) is 4.51. The highest BCUT2D eigenvalue weighted by atomic mass is 127. The monoisotopic (exact) mass is 497 g/mol. The molecule has 0 spiro atoms. The molecule has 0 aliphatic carbocycles. The van der Waals surface area contributed by atoms with E-state index in [0.717, 1.165) is 29.8 Å². The Morgan fingerprint density at radius 3 is 2.91 bits per heavy atom. The van der Waals surface area contributed by atoms with E-state index in [1.165, 1.54) is 12.5 Å². The molecule has 3 unspecified atom stereocenters. The number of hydrogen-bond acceptors (Lipinski definition) is 2. The number of benzene rings is 1. The van der Waals surface area contributed by atoms with Crippen LogP contribution in [0.25, 0.3) is 0 Å². The van der Waals surface area contributed by atoms with E-state index in [4.69, 9.17) is 4.74 Å². The number of rotatable bonds is 4. The lowest BCUT2D eigenvalue weighted by Gasteiger charge is -2.22. The maximum Gasteiger partial charge on any atom is 0.191 e. The number of aliphatic imine (C=N–C) groups is 1. The number of hydrogen-bond donors (Lipinski definition) is 2. The van der Waals surface area contributed by atoms with Crippen LogP contribution in [0.2, 0.25) is 0 Å². The van der Waals surface area contributed by atoms with Crippen LogP contribution in [0, 0.1) is 5.82 Å². The molecule has 1 aromatic rings. The summed E-state index contributed by atoms with van der Waals surface area (Å²) in [5.41, 5.74) is 0.579. The van der Waals surface area contributed by atoms with Crippen LogP contribution in [0.4, 0.5) is 4.39 Å². The third kappa shape index (κ3) is 4.79. The number of nitrogens with zero attached hydrogens (tertiary/aromatic N) is 1. The van der Waals surface area contributed by atoms with Gasteiger partial charge < -0.3 is 15.4 Å². The molecular weight excluding hydrogens is 476 g/mol. The molecule has 2 aliphatic heterocycles. The minimum absolute atomic E-state index is 0. The van der Waals surface area contributed by atoms with Gasteiger partial charge in [0.2, 0.25) is 0 Å². The quantitative estimate of drug-likeness (QED) is 0.379. The number of guanidine groups is 1. The highest BCUT2D eigenvalue weighted by Crippen LogP contribution is 2.34. The molecule has 0 radical (unpaired) electrons. The molecular formula is C16H22BrFIN3O. The van der Waals surface area contributed by atoms with Gasteiger partial charge in [-0.2, -0.15) is 0 Å². The van der Waals surface area contributed by atoms with Gasteiger partial charge in [-0.3, -0.25) is 0 Å². The van der Waals surface area contributed by atoms with Crippen LogP contribution in [0.1, 0.15) is 31.7 Å². The zero-order valence-electron chi connectivity index (χ0n) is 13.0. The van der Waals surface area contributed by atoms with Crippen molar-refractivity contribution in [3.63, 3.8) is 0 Å². The SMILES string of the molecule is CCNC(=NCc1cc(Br)ccc1F)NC1CC2CCC1O2.I. The Hall–Kier alpha value is -0.410. The minimum Gasteiger partial charge on any atom is -0.373 e. The second-order valence-corrected chi connectivity index (χ2v) is 6.71. The average molecular weight is 498 g/mol. The second kappa shape index (κ2) is 8.62. The lowest BCUT2D eigenvalue weighted by molar-refractivity contribution is 0.0992. The maximum absolute atomic E-state index is 13.8. The molecule has 0 saturated carbocycles. The van der Waals surface area contributed by atoms with E-state index in [-0.39, 0.29) is 35.9 Å². The highest BCUT2D eigenvalue weighted by Gasteiger charge is 2.41. The summed E-state index contributed by atoms with van der Waals surface area (Å²) in [7, 11) is 0. The van der Waals surface area contributed by atoms with E-state index >= 15 is 0 Å². The molecule has 0 aromatic heterocycles. The average Bonchev–Trinajstić information content (AvgIpc) is 3.11. The molecule has 3 atom stereocenters. The minimum atomic E-state index is -0.231. The fourth-order valence-electron chi connectivity index (χ4n) is 3.11. The molecule has 2 heterocycles. The Balaban J connectivity index is 0.00000192. The molecule has 23 heavy (non-hydrogen) atoms. The van der Waals surface area contributed by atoms with Crippen LogP contribution >= 0.6 is 39.9 Å². The standard InChI is InChI=1S/C16H21BrFN3O.HI/c1-2-19-16(21-14-8-12-4-6-15(14)22-12)20-9-10-7-11(17)3-5-13(10)18;/h3,5,7,12,14-15H,2,4,6,8-9H2,1H3,(H2,19,20,21);1H. The molecule has 7 heteroatoms. The van der Waals surface area contributed by atoms with Gasteiger partial charge in [-0.1, -0.05) is 15.9 Å². The van der Waals surface area contributed by atoms with Crippen molar-refractivity contribution in [2.45, 2.75) is 51.0 Å². The first-order valence-corrected chi connectivity index (χ1v) is 8.59. The molecule has 128 valence electrons. The van der Waals surface area contributed by atoms with Crippen LogP contribution in [0.15, 0.2) is 27.7 Å². The van der Waals surface area contributed by atoms with Crippen molar-refractivity contribution < 1.29 is 9.13 Å². The zero-order chi connectivity index (χ0) is 15.5. The van der Waals surface area contributed by atoms with Crippen molar-refractivity contribution in [2.75, 3.05) is 6.54 Å². The van der Waals surface area contributed by atoms with Gasteiger partial charge >= 0.3 is 0 Å². The molecule has 2 saturated heterocycles. The van der Waals surface area contributed by atoms with Gasteiger partial charge in [0.25, 0.3) is 0 Å². The summed E-state index contributed by atoms with van der Waals surface area (Å²) in [5, 5.41) is 6.65. The number of nitrogens with one attached hydrogen (secondary N) is 2. The second-order valence-electron chi connectivity index (χ2n) is 5.79. The lowest BCUT2D eigenvalue weighted by atomic mass is 9.96. The fraction of sp³-hybridized carbons (Fsp3) is 0.562. The van der Waals surface area contributed by atoms with Crippen molar-refractivity contribution in [3.05, 3.63) is 34.1 Å². The lowest BCUT2D eigenvalue weighted by Crippen LogP contribution is -2.47. The molecule has 4 nitrogen and oxygen atoms in total. The molecule has 2 aliphatic rings. The fourth-order valence-corrected chi connectivity index (χ4v) is 3.52. The third-order valence-electron chi connectivity index (χ3n) is 4.19. The van der Waals surface area contributed by atoms with Gasteiger partial charge in [0.1, 0.15) is 5.82 Å². The Kier molecular flexibility index (Phi) is 7.09. The topological polar surface area (TPSA) is 45.7 Å². The number of ether oxygens (including phenoxy) is 1. The summed E-state index contributed by atoms with van der Waals surface area (Å²) < 4.78 is 20.5. The Labute approximate surface area is 161 Å². The van der Waals surface area contributed by atoms with Crippen LogP contribution < -0.4 is 10.6 Å². The van der Waals surface area contributed by atoms with E-state index in [9.17, 15) is 4.39 Å². The molecule has 2 fully saturated rings. The van der Waals surface area contributed by atoms with E-state index in [1.54, 1.807) is 12.1 Å². The molecule has 0 amide bonds. The van der Waals surface area contributed by atoms with Gasteiger partial charge in [0.15, 0.2) is 5.96 Å². The predicted octanol–water partition coefficient (Wildman–Crippen LogP) is 3.58. The van der Waals surface area contributed by atoms with E-state index in [2.05, 4.69) is 31.6 Å². The smallest absolute Gasteiger partial charge is 0.191 e. The van der Waals surface area contributed by atoms with E-state index in [1.807, 2.05) is 6.92 Å². The summed E-state index contributed by atoms with van der Waals surface area (Å²) in [5.74, 6) is 0.495. The van der Waals surface area contributed by atoms with Crippen LogP contribution in [0.3, 0.4) is 0 Å². The molecule has 1 aromatic carbocycles. The van der Waals surface area contributed by atoms with Crippen LogP contribution in [0.5, 0.6) is 0 Å². The molecule has 2 N–H and O–H groups in total. The van der Waals surface area contributed by atoms with E-state index in [0.29, 0.717) is 24.3 Å². The maximum atomic E-state index is 13.8. The third-order valence-corrected chi connectivity index (χ3v) is 4.68. The van der Waals surface area contributed by atoms with Crippen molar-refractivity contribution in [1.82, 2.24) is 10.6 Å². The first-order valence-electron chi connectivity index (χ1n) is 7.80. The normalized spacial score (nSPS) is 26.0. The summed E-state index contributed by atoms with van der Waals surface area (Å²) in [6.07, 6.45) is 3.99. The first-order chi connectivity index (χ1) is 10.7. The van der Waals surface area contributed by atoms with Crippen molar-refractivity contribution in [2.24, 2.45) is 4.99 Å². The van der Waals surface area contributed by atoms with Gasteiger partial charge in [0, 0.05) is 16.6 Å². The summed E-state index contributed by atoms with van der Waals surface area (Å²) >= 11 is 3.36. The predicted molar refractivity (Wildman–Crippen MR) is 104 cm³/mol. The Morgan fingerprint density at radius 1 is 1.43 bits per heavy atom. The van der Waals surface area contributed by atoms with Gasteiger partial charge in [0.05, 0.1) is 24.8 Å². The van der Waals surface area contributed by atoms with Crippen LogP contribution in [-0.4, -0.2) is 30.8 Å². The van der Waals surface area contributed by atoms with Gasteiger partial charge in [-0.25, -0.2) is 9.38 Å². The van der Waals surface area contributed by atoms with Crippen molar-refractivity contribution >= 4 is 45.9 Å². The number of fused-ring (bicyclic) bond motifs is 2. The van der Waals surface area contributed by atoms with E-state index < -0.39 is 0 Å². The summed E-state index contributed by atoms with van der Waals surface area (Å²) in [6, 6.07) is 5.23. The molecule has 3 rings (SSSR count). The zero-order valence-corrected chi connectivity index (χ0v) is 16.9. The largest absolute Gasteiger partial charge is 0.373 e. The van der Waals surface area contributed by atoms with Gasteiger partial charge in [-0.15, -0.1) is 24.0 Å².